The largest absolute Gasteiger partial charge is 0.357 e. The van der Waals surface area contributed by atoms with E-state index in [0.29, 0.717) is 13.0 Å². The van der Waals surface area contributed by atoms with Gasteiger partial charge in [-0.2, -0.15) is 0 Å². The summed E-state index contributed by atoms with van der Waals surface area (Å²) in [6.45, 7) is 8.66. The number of aliphatic imine (C=N–C) groups is 1. The molecule has 0 aromatic carbocycles. The number of hydrogen-bond donors (Lipinski definition) is 2. The standard InChI is InChI=1S/C17H32N4O/c1-3-10-19-16(22)9-11-20-17(18-4-2)21-12-14-7-5-6-8-15(14)13-21/h14-15H,3-13H2,1-2H3,(H,18,20)(H,19,22). The van der Waals surface area contributed by atoms with E-state index in [4.69, 9.17) is 0 Å². The first-order valence-corrected chi connectivity index (χ1v) is 9.04. The van der Waals surface area contributed by atoms with Gasteiger partial charge < -0.3 is 15.5 Å². The number of nitrogens with one attached hydrogen (secondary N) is 2. The second kappa shape index (κ2) is 9.01. The van der Waals surface area contributed by atoms with Crippen molar-refractivity contribution in [2.75, 3.05) is 32.7 Å². The van der Waals surface area contributed by atoms with Gasteiger partial charge >= 0.3 is 0 Å². The maximum absolute atomic E-state index is 11.7. The highest BCUT2D eigenvalue weighted by Gasteiger charge is 2.35. The van der Waals surface area contributed by atoms with Crippen molar-refractivity contribution >= 4 is 11.9 Å². The lowest BCUT2D eigenvalue weighted by atomic mass is 9.82. The van der Waals surface area contributed by atoms with Crippen molar-refractivity contribution in [2.45, 2.75) is 52.4 Å². The zero-order valence-electron chi connectivity index (χ0n) is 14.2. The molecule has 1 amide bonds. The summed E-state index contributed by atoms with van der Waals surface area (Å²) >= 11 is 0. The van der Waals surface area contributed by atoms with Gasteiger partial charge in [-0.15, -0.1) is 0 Å². The molecule has 1 aliphatic heterocycles. The first-order chi connectivity index (χ1) is 10.7. The van der Waals surface area contributed by atoms with Gasteiger partial charge in [-0.1, -0.05) is 19.8 Å². The monoisotopic (exact) mass is 308 g/mol. The molecular formula is C17H32N4O. The summed E-state index contributed by atoms with van der Waals surface area (Å²) in [6, 6.07) is 0. The molecule has 2 N–H and O–H groups in total. The third-order valence-corrected chi connectivity index (χ3v) is 4.78. The van der Waals surface area contributed by atoms with E-state index in [2.05, 4.69) is 34.4 Å². The quantitative estimate of drug-likeness (QED) is 0.583. The Kier molecular flexibility index (Phi) is 7.00. The Morgan fingerprint density at radius 1 is 1.14 bits per heavy atom. The van der Waals surface area contributed by atoms with Crippen molar-refractivity contribution < 1.29 is 4.79 Å². The minimum absolute atomic E-state index is 0.108. The van der Waals surface area contributed by atoms with Crippen LogP contribution in [-0.2, 0) is 4.79 Å². The molecule has 5 nitrogen and oxygen atoms in total. The number of fused-ring (bicyclic) bond motifs is 1. The zero-order valence-corrected chi connectivity index (χ0v) is 14.2. The van der Waals surface area contributed by atoms with Gasteiger partial charge in [0.05, 0.1) is 6.54 Å². The number of carbonyl (C=O) groups excluding carboxylic acids is 1. The lowest BCUT2D eigenvalue weighted by Crippen LogP contribution is -2.40. The predicted molar refractivity (Wildman–Crippen MR) is 90.9 cm³/mol. The van der Waals surface area contributed by atoms with Crippen LogP contribution in [0.1, 0.15) is 52.4 Å². The van der Waals surface area contributed by atoms with E-state index in [0.717, 1.165) is 50.4 Å². The zero-order chi connectivity index (χ0) is 15.8. The summed E-state index contributed by atoms with van der Waals surface area (Å²) in [6.07, 6.45) is 6.99. The van der Waals surface area contributed by atoms with E-state index in [1.54, 1.807) is 0 Å². The average molecular weight is 308 g/mol. The number of nitrogens with zero attached hydrogens (tertiary/aromatic N) is 2. The minimum atomic E-state index is 0.108. The Bertz CT molecular complexity index is 369. The molecular weight excluding hydrogens is 276 g/mol. The van der Waals surface area contributed by atoms with E-state index in [1.807, 2.05) is 0 Å². The van der Waals surface area contributed by atoms with E-state index in [-0.39, 0.29) is 5.91 Å². The lowest BCUT2D eigenvalue weighted by molar-refractivity contribution is -0.120. The maximum Gasteiger partial charge on any atom is 0.221 e. The number of likely N-dealkylation sites (tertiary alicyclic amines) is 1. The third kappa shape index (κ3) is 4.89. The highest BCUT2D eigenvalue weighted by Crippen LogP contribution is 2.35. The molecule has 2 atom stereocenters. The van der Waals surface area contributed by atoms with Crippen molar-refractivity contribution in [1.29, 1.82) is 0 Å². The molecule has 22 heavy (non-hydrogen) atoms. The molecule has 1 saturated carbocycles. The van der Waals surface area contributed by atoms with Gasteiger partial charge in [0.25, 0.3) is 0 Å². The molecule has 0 radical (unpaired) electrons. The van der Waals surface area contributed by atoms with Gasteiger partial charge in [-0.25, -0.2) is 0 Å². The van der Waals surface area contributed by atoms with Crippen molar-refractivity contribution in [3.05, 3.63) is 0 Å². The van der Waals surface area contributed by atoms with Crippen molar-refractivity contribution in [2.24, 2.45) is 16.8 Å². The maximum atomic E-state index is 11.7. The van der Waals surface area contributed by atoms with Crippen molar-refractivity contribution in [3.63, 3.8) is 0 Å². The van der Waals surface area contributed by atoms with Gasteiger partial charge in [0.2, 0.25) is 5.91 Å². The van der Waals surface area contributed by atoms with Crippen LogP contribution in [0.5, 0.6) is 0 Å². The lowest BCUT2D eigenvalue weighted by Gasteiger charge is -2.22. The summed E-state index contributed by atoms with van der Waals surface area (Å²) < 4.78 is 0. The molecule has 0 bridgehead atoms. The van der Waals surface area contributed by atoms with Crippen LogP contribution in [0.15, 0.2) is 4.99 Å². The van der Waals surface area contributed by atoms with Crippen LogP contribution in [0, 0.1) is 11.8 Å². The molecule has 0 aromatic heterocycles. The molecule has 2 fully saturated rings. The molecule has 5 heteroatoms. The Morgan fingerprint density at radius 2 is 1.82 bits per heavy atom. The highest BCUT2D eigenvalue weighted by molar-refractivity contribution is 5.81. The van der Waals surface area contributed by atoms with Crippen LogP contribution < -0.4 is 10.6 Å². The number of hydrogen-bond acceptors (Lipinski definition) is 2. The molecule has 0 aromatic rings. The van der Waals surface area contributed by atoms with Crippen LogP contribution in [0.3, 0.4) is 0 Å². The summed E-state index contributed by atoms with van der Waals surface area (Å²) in [5.74, 6) is 2.81. The van der Waals surface area contributed by atoms with Crippen LogP contribution in [0.25, 0.3) is 0 Å². The SMILES string of the molecule is CCCNC(=O)CCN=C(NCC)N1CC2CCCCC2C1. The number of amides is 1. The number of rotatable bonds is 6. The van der Waals surface area contributed by atoms with Crippen molar-refractivity contribution in [3.8, 4) is 0 Å². The Hall–Kier alpha value is -1.26. The van der Waals surface area contributed by atoms with E-state index in [1.165, 1.54) is 25.7 Å². The van der Waals surface area contributed by atoms with Crippen LogP contribution in [0.2, 0.25) is 0 Å². The second-order valence-corrected chi connectivity index (χ2v) is 6.55. The molecule has 1 heterocycles. The number of guanidine groups is 1. The molecule has 1 saturated heterocycles. The topological polar surface area (TPSA) is 56.7 Å². The molecule has 2 rings (SSSR count). The van der Waals surface area contributed by atoms with Gasteiger partial charge in [0.15, 0.2) is 5.96 Å². The molecule has 1 aliphatic carbocycles. The Balaban J connectivity index is 1.83. The third-order valence-electron chi connectivity index (χ3n) is 4.78. The predicted octanol–water partition coefficient (Wildman–Crippen LogP) is 1.99. The summed E-state index contributed by atoms with van der Waals surface area (Å²) in [4.78, 5) is 18.7. The highest BCUT2D eigenvalue weighted by atomic mass is 16.1. The van der Waals surface area contributed by atoms with Crippen molar-refractivity contribution in [1.82, 2.24) is 15.5 Å². The fourth-order valence-corrected chi connectivity index (χ4v) is 3.62. The van der Waals surface area contributed by atoms with Gasteiger partial charge in [-0.05, 0) is 38.0 Å². The van der Waals surface area contributed by atoms with Gasteiger partial charge in [0, 0.05) is 32.6 Å². The first kappa shape index (κ1) is 17.1. The van der Waals surface area contributed by atoms with E-state index in [9.17, 15) is 4.79 Å². The fraction of sp³-hybridized carbons (Fsp3) is 0.882. The summed E-state index contributed by atoms with van der Waals surface area (Å²) in [7, 11) is 0. The second-order valence-electron chi connectivity index (χ2n) is 6.55. The van der Waals surface area contributed by atoms with E-state index >= 15 is 0 Å². The fourth-order valence-electron chi connectivity index (χ4n) is 3.62. The number of carbonyl (C=O) groups is 1. The average Bonchev–Trinajstić information content (AvgIpc) is 2.96. The summed E-state index contributed by atoms with van der Waals surface area (Å²) in [5.41, 5.74) is 0. The van der Waals surface area contributed by atoms with Gasteiger partial charge in [-0.3, -0.25) is 9.79 Å². The van der Waals surface area contributed by atoms with E-state index < -0.39 is 0 Å². The minimum Gasteiger partial charge on any atom is -0.357 e. The van der Waals surface area contributed by atoms with Crippen LogP contribution in [-0.4, -0.2) is 49.5 Å². The summed E-state index contributed by atoms with van der Waals surface area (Å²) in [5, 5.41) is 6.30. The molecule has 126 valence electrons. The molecule has 2 unspecified atom stereocenters. The molecule has 0 spiro atoms. The Morgan fingerprint density at radius 3 is 2.41 bits per heavy atom. The van der Waals surface area contributed by atoms with Crippen LogP contribution >= 0.6 is 0 Å². The molecule has 2 aliphatic rings. The van der Waals surface area contributed by atoms with Gasteiger partial charge in [0.1, 0.15) is 0 Å². The van der Waals surface area contributed by atoms with Crippen LogP contribution in [0.4, 0.5) is 0 Å². The smallest absolute Gasteiger partial charge is 0.221 e. The first-order valence-electron chi connectivity index (χ1n) is 9.04. The normalized spacial score (nSPS) is 25.0. The Labute approximate surface area is 134 Å².